The molecule has 1 N–H and O–H groups in total. The summed E-state index contributed by atoms with van der Waals surface area (Å²) >= 11 is 0. The molecule has 0 fully saturated rings. The summed E-state index contributed by atoms with van der Waals surface area (Å²) in [6.45, 7) is 5.59. The van der Waals surface area contributed by atoms with Crippen molar-refractivity contribution in [1.29, 1.82) is 0 Å². The summed E-state index contributed by atoms with van der Waals surface area (Å²) in [7, 11) is 0. The summed E-state index contributed by atoms with van der Waals surface area (Å²) in [5.41, 5.74) is 0.791. The molecule has 6 heteroatoms. The van der Waals surface area contributed by atoms with Gasteiger partial charge < -0.3 is 14.5 Å². The molecule has 96 valence electrons. The van der Waals surface area contributed by atoms with Gasteiger partial charge in [0.25, 0.3) is 0 Å². The second kappa shape index (κ2) is 4.64. The van der Waals surface area contributed by atoms with E-state index < -0.39 is 11.7 Å². The first-order chi connectivity index (χ1) is 8.44. The Balaban J connectivity index is 1.96. The summed E-state index contributed by atoms with van der Waals surface area (Å²) in [6, 6.07) is 1.72. The number of rotatable bonds is 2. The molecule has 2 aromatic heterocycles. The molecule has 2 heterocycles. The normalized spacial score (nSPS) is 11.5. The van der Waals surface area contributed by atoms with Crippen LogP contribution in [0.25, 0.3) is 11.1 Å². The summed E-state index contributed by atoms with van der Waals surface area (Å²) < 4.78 is 10.5. The number of ether oxygens (including phenoxy) is 1. The number of oxazole rings is 1. The molecule has 0 unspecified atom stereocenters. The Labute approximate surface area is 104 Å². The van der Waals surface area contributed by atoms with Gasteiger partial charge in [-0.05, 0) is 20.8 Å². The van der Waals surface area contributed by atoms with E-state index in [4.69, 9.17) is 9.15 Å². The van der Waals surface area contributed by atoms with Crippen LogP contribution in [0.4, 0.5) is 4.79 Å². The second-order valence-corrected chi connectivity index (χ2v) is 4.81. The summed E-state index contributed by atoms with van der Waals surface area (Å²) in [5, 5.41) is 2.58. The van der Waals surface area contributed by atoms with Gasteiger partial charge in [0.2, 0.25) is 5.89 Å². The highest BCUT2D eigenvalue weighted by Gasteiger charge is 2.16. The zero-order chi connectivity index (χ0) is 13.2. The number of nitrogens with one attached hydrogen (secondary N) is 1. The molecule has 0 aliphatic heterocycles. The minimum atomic E-state index is -0.519. The lowest BCUT2D eigenvalue weighted by Crippen LogP contribution is -2.32. The Bertz CT molecular complexity index is 524. The van der Waals surface area contributed by atoms with Crippen LogP contribution < -0.4 is 5.32 Å². The lowest BCUT2D eigenvalue weighted by Gasteiger charge is -2.19. The number of pyridine rings is 1. The lowest BCUT2D eigenvalue weighted by molar-refractivity contribution is 0.0519. The van der Waals surface area contributed by atoms with Crippen molar-refractivity contribution in [1.82, 2.24) is 15.3 Å². The molecule has 18 heavy (non-hydrogen) atoms. The van der Waals surface area contributed by atoms with Crippen LogP contribution in [0, 0.1) is 0 Å². The number of amides is 1. The molecule has 0 aromatic carbocycles. The monoisotopic (exact) mass is 249 g/mol. The van der Waals surface area contributed by atoms with Gasteiger partial charge in [0.15, 0.2) is 5.58 Å². The Hall–Kier alpha value is -2.11. The van der Waals surface area contributed by atoms with Gasteiger partial charge in [-0.2, -0.15) is 0 Å². The molecule has 0 spiro atoms. The molecule has 1 amide bonds. The van der Waals surface area contributed by atoms with Gasteiger partial charge in [-0.3, -0.25) is 4.98 Å². The van der Waals surface area contributed by atoms with Gasteiger partial charge in [-0.15, -0.1) is 0 Å². The van der Waals surface area contributed by atoms with Crippen LogP contribution in [0.15, 0.2) is 22.9 Å². The maximum absolute atomic E-state index is 11.4. The number of nitrogens with zero attached hydrogens (tertiary/aromatic N) is 2. The first-order valence-electron chi connectivity index (χ1n) is 5.60. The van der Waals surface area contributed by atoms with Crippen molar-refractivity contribution in [3.8, 4) is 0 Å². The van der Waals surface area contributed by atoms with Crippen LogP contribution in [0.3, 0.4) is 0 Å². The third-order valence-corrected chi connectivity index (χ3v) is 2.02. The largest absolute Gasteiger partial charge is 0.444 e. The molecule has 0 aliphatic carbocycles. The average molecular weight is 249 g/mol. The number of hydrogen-bond donors (Lipinski definition) is 1. The van der Waals surface area contributed by atoms with Gasteiger partial charge in [0.1, 0.15) is 11.1 Å². The van der Waals surface area contributed by atoms with E-state index in [1.807, 2.05) is 0 Å². The number of hydrogen-bond acceptors (Lipinski definition) is 5. The fraction of sp³-hybridized carbons (Fsp3) is 0.417. The van der Waals surface area contributed by atoms with Crippen LogP contribution in [-0.2, 0) is 11.3 Å². The first kappa shape index (κ1) is 12.3. The predicted molar refractivity (Wildman–Crippen MR) is 64.9 cm³/mol. The highest BCUT2D eigenvalue weighted by atomic mass is 16.6. The van der Waals surface area contributed by atoms with Crippen LogP contribution in [0.1, 0.15) is 26.7 Å². The van der Waals surface area contributed by atoms with Crippen molar-refractivity contribution in [2.75, 3.05) is 0 Å². The minimum Gasteiger partial charge on any atom is -0.444 e. The van der Waals surface area contributed by atoms with Gasteiger partial charge in [0.05, 0.1) is 12.7 Å². The SMILES string of the molecule is CC(C)(C)OC(=O)NCc1nc2cnccc2o1. The quantitative estimate of drug-likeness (QED) is 0.883. The molecule has 2 rings (SSSR count). The Kier molecular flexibility index (Phi) is 3.18. The molecule has 0 saturated carbocycles. The lowest BCUT2D eigenvalue weighted by atomic mass is 10.2. The zero-order valence-electron chi connectivity index (χ0n) is 10.6. The van der Waals surface area contributed by atoms with Crippen LogP contribution in [0.2, 0.25) is 0 Å². The molecule has 2 aromatic rings. The minimum absolute atomic E-state index is 0.184. The molecule has 6 nitrogen and oxygen atoms in total. The van der Waals surface area contributed by atoms with Crippen LogP contribution in [0.5, 0.6) is 0 Å². The average Bonchev–Trinajstić information content (AvgIpc) is 2.66. The van der Waals surface area contributed by atoms with Crippen LogP contribution >= 0.6 is 0 Å². The smallest absolute Gasteiger partial charge is 0.408 e. The van der Waals surface area contributed by atoms with E-state index in [0.717, 1.165) is 0 Å². The molecule has 0 aliphatic rings. The van der Waals surface area contributed by atoms with E-state index in [0.29, 0.717) is 17.0 Å². The van der Waals surface area contributed by atoms with Gasteiger partial charge >= 0.3 is 6.09 Å². The zero-order valence-corrected chi connectivity index (χ0v) is 10.6. The third kappa shape index (κ3) is 3.19. The van der Waals surface area contributed by atoms with Gasteiger partial charge in [-0.25, -0.2) is 9.78 Å². The second-order valence-electron chi connectivity index (χ2n) is 4.81. The first-order valence-corrected chi connectivity index (χ1v) is 5.60. The van der Waals surface area contributed by atoms with E-state index in [-0.39, 0.29) is 6.54 Å². The number of alkyl carbamates (subject to hydrolysis) is 1. The van der Waals surface area contributed by atoms with E-state index in [1.54, 1.807) is 39.2 Å². The Morgan fingerprint density at radius 1 is 1.50 bits per heavy atom. The third-order valence-electron chi connectivity index (χ3n) is 2.02. The highest BCUT2D eigenvalue weighted by molar-refractivity contribution is 5.71. The summed E-state index contributed by atoms with van der Waals surface area (Å²) in [6.07, 6.45) is 2.73. The Morgan fingerprint density at radius 2 is 2.28 bits per heavy atom. The predicted octanol–water partition coefficient (Wildman–Crippen LogP) is 2.25. The molecular weight excluding hydrogens is 234 g/mol. The van der Waals surface area contributed by atoms with E-state index in [1.165, 1.54) is 0 Å². The van der Waals surface area contributed by atoms with Gasteiger partial charge in [-0.1, -0.05) is 0 Å². The highest BCUT2D eigenvalue weighted by Crippen LogP contribution is 2.13. The molecule has 0 radical (unpaired) electrons. The maximum Gasteiger partial charge on any atom is 0.408 e. The van der Waals surface area contributed by atoms with Crippen molar-refractivity contribution >= 4 is 17.2 Å². The summed E-state index contributed by atoms with van der Waals surface area (Å²) in [4.78, 5) is 19.5. The van der Waals surface area contributed by atoms with E-state index >= 15 is 0 Å². The number of fused-ring (bicyclic) bond motifs is 1. The molecule has 0 saturated heterocycles. The number of carbonyl (C=O) groups excluding carboxylic acids is 1. The van der Waals surface area contributed by atoms with Crippen molar-refractivity contribution in [3.05, 3.63) is 24.4 Å². The van der Waals surface area contributed by atoms with Crippen LogP contribution in [-0.4, -0.2) is 21.7 Å². The van der Waals surface area contributed by atoms with Crippen molar-refractivity contribution in [2.24, 2.45) is 0 Å². The fourth-order valence-corrected chi connectivity index (χ4v) is 1.37. The molecule has 0 atom stereocenters. The van der Waals surface area contributed by atoms with Crippen molar-refractivity contribution < 1.29 is 13.9 Å². The fourth-order valence-electron chi connectivity index (χ4n) is 1.37. The molecule has 0 bridgehead atoms. The number of aromatic nitrogens is 2. The topological polar surface area (TPSA) is 77.2 Å². The standard InChI is InChI=1S/C12H15N3O3/c1-12(2,3)18-11(16)14-7-10-15-8-6-13-5-4-9(8)17-10/h4-6H,7H2,1-3H3,(H,14,16). The molecular formula is C12H15N3O3. The Morgan fingerprint density at radius 3 is 2.94 bits per heavy atom. The van der Waals surface area contributed by atoms with E-state index in [2.05, 4.69) is 15.3 Å². The van der Waals surface area contributed by atoms with Crippen molar-refractivity contribution in [3.63, 3.8) is 0 Å². The van der Waals surface area contributed by atoms with Crippen molar-refractivity contribution in [2.45, 2.75) is 32.9 Å². The van der Waals surface area contributed by atoms with E-state index in [9.17, 15) is 4.79 Å². The maximum atomic E-state index is 11.4. The summed E-state index contributed by atoms with van der Waals surface area (Å²) in [5.74, 6) is 0.420. The number of carbonyl (C=O) groups is 1. The van der Waals surface area contributed by atoms with Gasteiger partial charge in [0, 0.05) is 12.3 Å².